The summed E-state index contributed by atoms with van der Waals surface area (Å²) in [6.45, 7) is 11.3. The smallest absolute Gasteiger partial charge is 0.191 e. The van der Waals surface area contributed by atoms with Crippen molar-refractivity contribution < 1.29 is 4.74 Å². The van der Waals surface area contributed by atoms with Crippen LogP contribution in [0.15, 0.2) is 29.3 Å². The lowest BCUT2D eigenvalue weighted by atomic mass is 10.1. The summed E-state index contributed by atoms with van der Waals surface area (Å²) in [5.41, 5.74) is 4.60. The van der Waals surface area contributed by atoms with Crippen LogP contribution in [0.5, 0.6) is 5.75 Å². The van der Waals surface area contributed by atoms with Crippen molar-refractivity contribution in [1.29, 1.82) is 0 Å². The highest BCUT2D eigenvalue weighted by Gasteiger charge is 2.04. The average Bonchev–Trinajstić information content (AvgIpc) is 2.93. The van der Waals surface area contributed by atoms with Crippen LogP contribution in [0.4, 0.5) is 0 Å². The Kier molecular flexibility index (Phi) is 7.51. The molecule has 1 aromatic heterocycles. The third-order valence-corrected chi connectivity index (χ3v) is 4.22. The fourth-order valence-electron chi connectivity index (χ4n) is 2.91. The summed E-state index contributed by atoms with van der Waals surface area (Å²) in [7, 11) is 1.78. The van der Waals surface area contributed by atoms with Crippen LogP contribution >= 0.6 is 0 Å². The van der Waals surface area contributed by atoms with Crippen molar-refractivity contribution in [3.63, 3.8) is 0 Å². The fraction of sp³-hybridized carbons (Fsp3) is 0.500. The molecule has 0 atom stereocenters. The molecule has 0 saturated heterocycles. The molecule has 2 rings (SSSR count). The molecule has 1 heterocycles. The van der Waals surface area contributed by atoms with Crippen molar-refractivity contribution >= 4 is 5.96 Å². The van der Waals surface area contributed by atoms with Crippen LogP contribution < -0.4 is 15.4 Å². The number of ether oxygens (including phenoxy) is 1. The zero-order chi connectivity index (χ0) is 18.9. The molecule has 0 aliphatic carbocycles. The average molecular weight is 358 g/mol. The van der Waals surface area contributed by atoms with Gasteiger partial charge in [-0.1, -0.05) is 18.2 Å². The van der Waals surface area contributed by atoms with E-state index in [0.29, 0.717) is 13.2 Å². The van der Waals surface area contributed by atoms with E-state index in [1.165, 1.54) is 5.69 Å². The molecule has 0 unspecified atom stereocenters. The number of guanidine groups is 1. The minimum absolute atomic E-state index is 0.595. The van der Waals surface area contributed by atoms with Crippen LogP contribution in [0, 0.1) is 27.7 Å². The first-order valence-corrected chi connectivity index (χ1v) is 9.16. The van der Waals surface area contributed by atoms with Gasteiger partial charge in [0, 0.05) is 25.8 Å². The van der Waals surface area contributed by atoms with Crippen LogP contribution in [0.25, 0.3) is 0 Å². The molecular weight excluding hydrogens is 326 g/mol. The van der Waals surface area contributed by atoms with Crippen molar-refractivity contribution in [2.45, 2.75) is 40.7 Å². The quantitative estimate of drug-likeness (QED) is 0.433. The molecule has 26 heavy (non-hydrogen) atoms. The number of aryl methyl sites for hydroxylation is 5. The summed E-state index contributed by atoms with van der Waals surface area (Å²) in [6, 6.07) is 8.29. The van der Waals surface area contributed by atoms with Crippen molar-refractivity contribution in [3.05, 3.63) is 46.8 Å². The molecule has 142 valence electrons. The second-order valence-electron chi connectivity index (χ2n) is 6.50. The Bertz CT molecular complexity index is 716. The van der Waals surface area contributed by atoms with Crippen LogP contribution in [-0.2, 0) is 6.54 Å². The Morgan fingerprint density at radius 2 is 1.81 bits per heavy atom. The molecule has 0 fully saturated rings. The van der Waals surface area contributed by atoms with E-state index in [1.54, 1.807) is 7.05 Å². The molecule has 1 aromatic carbocycles. The molecule has 6 heteroatoms. The highest BCUT2D eigenvalue weighted by Crippen LogP contribution is 2.21. The van der Waals surface area contributed by atoms with Gasteiger partial charge in [-0.2, -0.15) is 5.10 Å². The SMILES string of the molecule is CN=C(NCCCn1nc(C)cc1C)NCCOc1c(C)cccc1C. The van der Waals surface area contributed by atoms with Gasteiger partial charge >= 0.3 is 0 Å². The molecule has 0 radical (unpaired) electrons. The number of hydrogen-bond donors (Lipinski definition) is 2. The zero-order valence-corrected chi connectivity index (χ0v) is 16.6. The summed E-state index contributed by atoms with van der Waals surface area (Å²) in [6.07, 6.45) is 0.988. The van der Waals surface area contributed by atoms with Gasteiger partial charge < -0.3 is 15.4 Å². The van der Waals surface area contributed by atoms with Gasteiger partial charge in [-0.05, 0) is 51.3 Å². The minimum Gasteiger partial charge on any atom is -0.491 e. The lowest BCUT2D eigenvalue weighted by molar-refractivity contribution is 0.317. The first-order chi connectivity index (χ1) is 12.5. The summed E-state index contributed by atoms with van der Waals surface area (Å²) in [4.78, 5) is 4.25. The van der Waals surface area contributed by atoms with E-state index >= 15 is 0 Å². The van der Waals surface area contributed by atoms with E-state index in [4.69, 9.17) is 4.74 Å². The summed E-state index contributed by atoms with van der Waals surface area (Å²) < 4.78 is 7.95. The van der Waals surface area contributed by atoms with Gasteiger partial charge in [-0.15, -0.1) is 0 Å². The second kappa shape index (κ2) is 9.85. The van der Waals surface area contributed by atoms with E-state index in [0.717, 1.165) is 48.0 Å². The minimum atomic E-state index is 0.595. The predicted molar refractivity (Wildman–Crippen MR) is 107 cm³/mol. The largest absolute Gasteiger partial charge is 0.491 e. The summed E-state index contributed by atoms with van der Waals surface area (Å²) in [5, 5.41) is 11.1. The van der Waals surface area contributed by atoms with Gasteiger partial charge in [-0.3, -0.25) is 9.67 Å². The van der Waals surface area contributed by atoms with Gasteiger partial charge in [0.25, 0.3) is 0 Å². The molecule has 6 nitrogen and oxygen atoms in total. The van der Waals surface area contributed by atoms with Gasteiger partial charge in [0.15, 0.2) is 5.96 Å². The topological polar surface area (TPSA) is 63.5 Å². The third-order valence-electron chi connectivity index (χ3n) is 4.22. The molecule has 0 amide bonds. The molecule has 0 spiro atoms. The van der Waals surface area contributed by atoms with Crippen molar-refractivity contribution in [1.82, 2.24) is 20.4 Å². The number of rotatable bonds is 8. The van der Waals surface area contributed by atoms with Crippen molar-refractivity contribution in [2.24, 2.45) is 4.99 Å². The van der Waals surface area contributed by atoms with E-state index in [-0.39, 0.29) is 0 Å². The Morgan fingerprint density at radius 3 is 2.42 bits per heavy atom. The Balaban J connectivity index is 1.65. The molecule has 2 aromatic rings. The molecule has 0 bridgehead atoms. The predicted octanol–water partition coefficient (Wildman–Crippen LogP) is 2.75. The summed E-state index contributed by atoms with van der Waals surface area (Å²) >= 11 is 0. The number of nitrogens with one attached hydrogen (secondary N) is 2. The van der Waals surface area contributed by atoms with E-state index in [9.17, 15) is 0 Å². The van der Waals surface area contributed by atoms with Crippen LogP contribution in [0.3, 0.4) is 0 Å². The van der Waals surface area contributed by atoms with Crippen molar-refractivity contribution in [3.8, 4) is 5.75 Å². The Morgan fingerprint density at radius 1 is 1.12 bits per heavy atom. The first kappa shape index (κ1) is 19.8. The number of nitrogens with zero attached hydrogens (tertiary/aromatic N) is 3. The van der Waals surface area contributed by atoms with E-state index in [2.05, 4.69) is 59.7 Å². The first-order valence-electron chi connectivity index (χ1n) is 9.16. The highest BCUT2D eigenvalue weighted by molar-refractivity contribution is 5.79. The number of aromatic nitrogens is 2. The fourth-order valence-corrected chi connectivity index (χ4v) is 2.91. The highest BCUT2D eigenvalue weighted by atomic mass is 16.5. The lowest BCUT2D eigenvalue weighted by Gasteiger charge is -2.14. The van der Waals surface area contributed by atoms with E-state index < -0.39 is 0 Å². The van der Waals surface area contributed by atoms with Gasteiger partial charge in [-0.25, -0.2) is 0 Å². The Labute approximate surface area is 156 Å². The van der Waals surface area contributed by atoms with Gasteiger partial charge in [0.1, 0.15) is 12.4 Å². The van der Waals surface area contributed by atoms with Gasteiger partial charge in [0.2, 0.25) is 0 Å². The molecule has 0 aliphatic heterocycles. The number of para-hydroxylation sites is 1. The molecule has 2 N–H and O–H groups in total. The molecule has 0 aliphatic rings. The summed E-state index contributed by atoms with van der Waals surface area (Å²) in [5.74, 6) is 1.77. The molecular formula is C20H31N5O. The number of hydrogen-bond acceptors (Lipinski definition) is 3. The number of benzene rings is 1. The second-order valence-corrected chi connectivity index (χ2v) is 6.50. The Hall–Kier alpha value is -2.50. The standard InChI is InChI=1S/C20H31N5O/c1-15-8-6-9-16(2)19(15)26-13-11-23-20(21-5)22-10-7-12-25-18(4)14-17(3)24-25/h6,8-9,14H,7,10-13H2,1-5H3,(H2,21,22,23). The number of aliphatic imine (C=N–C) groups is 1. The molecule has 0 saturated carbocycles. The van der Waals surface area contributed by atoms with Crippen LogP contribution in [-0.4, -0.2) is 42.5 Å². The van der Waals surface area contributed by atoms with Crippen LogP contribution in [0.1, 0.15) is 28.9 Å². The maximum Gasteiger partial charge on any atom is 0.191 e. The monoisotopic (exact) mass is 357 g/mol. The van der Waals surface area contributed by atoms with Crippen molar-refractivity contribution in [2.75, 3.05) is 26.7 Å². The lowest BCUT2D eigenvalue weighted by Crippen LogP contribution is -2.40. The normalized spacial score (nSPS) is 11.5. The maximum atomic E-state index is 5.90. The zero-order valence-electron chi connectivity index (χ0n) is 16.6. The third kappa shape index (κ3) is 5.79. The van der Waals surface area contributed by atoms with E-state index in [1.807, 2.05) is 17.7 Å². The van der Waals surface area contributed by atoms with Gasteiger partial charge in [0.05, 0.1) is 12.2 Å². The maximum absolute atomic E-state index is 5.90. The van der Waals surface area contributed by atoms with Crippen LogP contribution in [0.2, 0.25) is 0 Å².